The number of rotatable bonds is 24. The van der Waals surface area contributed by atoms with Gasteiger partial charge >= 0.3 is 27.3 Å². The zero-order valence-corrected chi connectivity index (χ0v) is 26.0. The van der Waals surface area contributed by atoms with E-state index in [2.05, 4.69) is 14.0 Å². The number of nitrogen functional groups attached to an aromatic ring is 1. The predicted octanol–water partition coefficient (Wildman–Crippen LogP) is 0.727. The second-order valence-electron chi connectivity index (χ2n) is 8.66. The zero-order valence-electron chi connectivity index (χ0n) is 24.2. The number of phosphoric ester groups is 2. The first-order valence-corrected chi connectivity index (χ1v) is 16.3. The lowest BCUT2D eigenvalue weighted by atomic mass is 10.1. The molecule has 2 heterocycles. The van der Waals surface area contributed by atoms with Gasteiger partial charge in [-0.15, -0.1) is 0 Å². The van der Waals surface area contributed by atoms with Gasteiger partial charge in [0.1, 0.15) is 11.9 Å². The molecule has 5 atom stereocenters. The summed E-state index contributed by atoms with van der Waals surface area (Å²) < 4.78 is 105. The van der Waals surface area contributed by atoms with Crippen molar-refractivity contribution in [2.24, 2.45) is 0 Å². The van der Waals surface area contributed by atoms with Crippen LogP contribution in [0.4, 0.5) is 14.6 Å². The monoisotopic (exact) mass is 685 g/mol. The molecule has 22 heteroatoms. The summed E-state index contributed by atoms with van der Waals surface area (Å²) in [6.07, 6.45) is -6.11. The highest BCUT2D eigenvalue weighted by Gasteiger charge is 2.63. The number of hydrogen-bond donors (Lipinski definition) is 3. The van der Waals surface area contributed by atoms with Gasteiger partial charge in [0.15, 0.2) is 6.10 Å². The van der Waals surface area contributed by atoms with Crippen molar-refractivity contribution >= 4 is 21.5 Å². The molecule has 1 aliphatic rings. The van der Waals surface area contributed by atoms with E-state index in [-0.39, 0.29) is 32.2 Å². The zero-order chi connectivity index (χ0) is 32.6. The van der Waals surface area contributed by atoms with E-state index >= 15 is 8.78 Å². The second kappa shape index (κ2) is 19.2. The molecule has 44 heavy (non-hydrogen) atoms. The number of anilines is 1. The summed E-state index contributed by atoms with van der Waals surface area (Å²) in [5, 5.41) is 0. The number of phosphoric acid groups is 2. The molecule has 1 fully saturated rings. The molecule has 0 saturated carbocycles. The van der Waals surface area contributed by atoms with Crippen molar-refractivity contribution in [2.45, 2.75) is 31.3 Å². The summed E-state index contributed by atoms with van der Waals surface area (Å²) in [5.41, 5.74) is 4.16. The first kappa shape index (κ1) is 38.7. The van der Waals surface area contributed by atoms with Crippen molar-refractivity contribution < 1.29 is 74.2 Å². The molecule has 1 aliphatic heterocycles. The molecular formula is C22H39F2N3O15P2. The minimum absolute atomic E-state index is 0.0845. The molecule has 1 aromatic heterocycles. The third kappa shape index (κ3) is 13.5. The van der Waals surface area contributed by atoms with E-state index in [0.717, 1.165) is 19.4 Å². The normalized spacial score (nSPS) is 22.5. The third-order valence-electron chi connectivity index (χ3n) is 5.51. The SMILES string of the molecule is CCOCCOCCOCCOCCOCCOP(=O)(O)OC1C(COP(=O)(O)OC)OC(n2ccc(N)nc2=O)C1(F)F. The number of aromatic nitrogens is 2. The predicted molar refractivity (Wildman–Crippen MR) is 145 cm³/mol. The van der Waals surface area contributed by atoms with Crippen LogP contribution in [0.1, 0.15) is 13.2 Å². The molecule has 1 aromatic rings. The van der Waals surface area contributed by atoms with Crippen molar-refractivity contribution in [1.29, 1.82) is 0 Å². The lowest BCUT2D eigenvalue weighted by Gasteiger charge is -2.26. The van der Waals surface area contributed by atoms with Crippen LogP contribution >= 0.6 is 15.6 Å². The van der Waals surface area contributed by atoms with E-state index < -0.39 is 58.9 Å². The van der Waals surface area contributed by atoms with Gasteiger partial charge in [-0.25, -0.2) is 13.9 Å². The smallest absolute Gasteiger partial charge is 0.383 e. The lowest BCUT2D eigenvalue weighted by Crippen LogP contribution is -2.43. The van der Waals surface area contributed by atoms with Crippen LogP contribution in [-0.2, 0) is 55.6 Å². The Hall–Kier alpha value is -1.48. The highest BCUT2D eigenvalue weighted by molar-refractivity contribution is 7.47. The molecule has 0 aromatic carbocycles. The van der Waals surface area contributed by atoms with Gasteiger partial charge in [-0.3, -0.25) is 22.7 Å². The second-order valence-corrected chi connectivity index (χ2v) is 11.6. The Bertz CT molecular complexity index is 1130. The summed E-state index contributed by atoms with van der Waals surface area (Å²) >= 11 is 0. The van der Waals surface area contributed by atoms with Gasteiger partial charge in [0, 0.05) is 19.9 Å². The Kier molecular flexibility index (Phi) is 16.9. The van der Waals surface area contributed by atoms with E-state index in [1.54, 1.807) is 0 Å². The van der Waals surface area contributed by atoms with Crippen molar-refractivity contribution in [3.05, 3.63) is 22.7 Å². The van der Waals surface area contributed by atoms with Gasteiger partial charge in [-0.05, 0) is 13.0 Å². The number of nitrogens with two attached hydrogens (primary N) is 1. The molecular weight excluding hydrogens is 646 g/mol. The minimum Gasteiger partial charge on any atom is -0.383 e. The fourth-order valence-electron chi connectivity index (χ4n) is 3.47. The molecule has 5 unspecified atom stereocenters. The Morgan fingerprint density at radius 3 is 1.95 bits per heavy atom. The van der Waals surface area contributed by atoms with Crippen molar-refractivity contribution in [2.75, 3.05) is 92.1 Å². The van der Waals surface area contributed by atoms with Crippen LogP contribution in [0.5, 0.6) is 0 Å². The lowest BCUT2D eigenvalue weighted by molar-refractivity contribution is -0.139. The standard InChI is InChI=1S/C22H39F2N3O15P2/c1-3-34-6-7-35-8-9-36-10-11-37-12-13-38-14-15-39-44(31,32)42-19-17(16-40-43(29,30)33-2)41-20(22(19,23)24)27-5-4-18(25)26-21(27)28/h4-5,17,19-20H,3,6-16H2,1-2H3,(H,29,30)(H,31,32)(H2,25,26,28). The van der Waals surface area contributed by atoms with Crippen LogP contribution in [0, 0.1) is 0 Å². The number of hydrogen-bond acceptors (Lipinski definition) is 15. The summed E-state index contributed by atoms with van der Waals surface area (Å²) in [6, 6.07) is 1.04. The summed E-state index contributed by atoms with van der Waals surface area (Å²) in [4.78, 5) is 35.1. The van der Waals surface area contributed by atoms with Gasteiger partial charge in [0.05, 0.1) is 72.7 Å². The van der Waals surface area contributed by atoms with Crippen LogP contribution in [0.3, 0.4) is 0 Å². The van der Waals surface area contributed by atoms with E-state index in [1.165, 1.54) is 0 Å². The van der Waals surface area contributed by atoms with Crippen LogP contribution in [0.25, 0.3) is 0 Å². The Morgan fingerprint density at radius 2 is 1.45 bits per heavy atom. The number of ether oxygens (including phenoxy) is 6. The molecule has 18 nitrogen and oxygen atoms in total. The average molecular weight is 686 g/mol. The number of alkyl halides is 2. The third-order valence-corrected chi connectivity index (χ3v) is 7.45. The molecule has 0 aliphatic carbocycles. The molecule has 1 saturated heterocycles. The molecule has 0 radical (unpaired) electrons. The van der Waals surface area contributed by atoms with Crippen molar-refractivity contribution in [3.8, 4) is 0 Å². The Balaban J connectivity index is 1.78. The largest absolute Gasteiger partial charge is 0.472 e. The van der Waals surface area contributed by atoms with Gasteiger partial charge in [-0.1, -0.05) is 0 Å². The minimum atomic E-state index is -5.20. The van der Waals surface area contributed by atoms with Crippen molar-refractivity contribution in [3.63, 3.8) is 0 Å². The highest BCUT2D eigenvalue weighted by Crippen LogP contribution is 2.54. The van der Waals surface area contributed by atoms with Crippen LogP contribution in [0.15, 0.2) is 17.1 Å². The first-order chi connectivity index (χ1) is 20.8. The van der Waals surface area contributed by atoms with Gasteiger partial charge in [0.2, 0.25) is 6.23 Å². The van der Waals surface area contributed by atoms with Gasteiger partial charge < -0.3 is 43.9 Å². The highest BCUT2D eigenvalue weighted by atomic mass is 31.2. The molecule has 0 spiro atoms. The molecule has 0 bridgehead atoms. The van der Waals surface area contributed by atoms with Gasteiger partial charge in [0.25, 0.3) is 0 Å². The average Bonchev–Trinajstić information content (AvgIpc) is 3.20. The van der Waals surface area contributed by atoms with Crippen molar-refractivity contribution in [1.82, 2.24) is 9.55 Å². The maximum Gasteiger partial charge on any atom is 0.472 e. The maximum atomic E-state index is 15.4. The van der Waals surface area contributed by atoms with E-state index in [9.17, 15) is 23.7 Å². The molecule has 2 rings (SSSR count). The number of nitrogens with zero attached hydrogens (tertiary/aromatic N) is 2. The quantitative estimate of drug-likeness (QED) is 0.101. The molecule has 4 N–H and O–H groups in total. The summed E-state index contributed by atoms with van der Waals surface area (Å²) in [5.74, 6) is -4.44. The van der Waals surface area contributed by atoms with E-state index in [1.807, 2.05) is 6.92 Å². The fraction of sp³-hybridized carbons (Fsp3) is 0.818. The Labute approximate surface area is 251 Å². The fourth-order valence-corrected chi connectivity index (χ4v) is 4.84. The van der Waals surface area contributed by atoms with Crippen LogP contribution in [-0.4, -0.2) is 124 Å². The molecule has 256 valence electrons. The summed E-state index contributed by atoms with van der Waals surface area (Å²) in [7, 11) is -9.06. The van der Waals surface area contributed by atoms with Gasteiger partial charge in [-0.2, -0.15) is 13.8 Å². The van der Waals surface area contributed by atoms with E-state index in [0.29, 0.717) is 44.2 Å². The van der Waals surface area contributed by atoms with Crippen LogP contribution < -0.4 is 11.4 Å². The van der Waals surface area contributed by atoms with E-state index in [4.69, 9.17) is 43.2 Å². The maximum absolute atomic E-state index is 15.4. The molecule has 0 amide bonds. The Morgan fingerprint density at radius 1 is 0.932 bits per heavy atom. The topological polar surface area (TPSA) is 228 Å². The summed E-state index contributed by atoms with van der Waals surface area (Å²) in [6.45, 7) is 3.39. The number of halogens is 2. The first-order valence-electron chi connectivity index (χ1n) is 13.3. The van der Waals surface area contributed by atoms with Crippen LogP contribution in [0.2, 0.25) is 0 Å².